The minimum atomic E-state index is 0.682. The van der Waals surface area contributed by atoms with Gasteiger partial charge in [-0.25, -0.2) is 0 Å². The highest BCUT2D eigenvalue weighted by molar-refractivity contribution is 7.99. The number of hydrogen-bond donors (Lipinski definition) is 1. The SMILES string of the molecule is CC(C)CNCc1cc(N(C)C2CCSC2)ccn1. The van der Waals surface area contributed by atoms with Gasteiger partial charge in [0, 0.05) is 37.3 Å². The maximum Gasteiger partial charge on any atom is 0.0562 e. The number of hydrogen-bond acceptors (Lipinski definition) is 4. The van der Waals surface area contributed by atoms with Gasteiger partial charge in [-0.3, -0.25) is 4.98 Å². The van der Waals surface area contributed by atoms with Gasteiger partial charge in [0.2, 0.25) is 0 Å². The van der Waals surface area contributed by atoms with Crippen LogP contribution < -0.4 is 10.2 Å². The van der Waals surface area contributed by atoms with Crippen LogP contribution in [-0.2, 0) is 6.54 Å². The van der Waals surface area contributed by atoms with Gasteiger partial charge >= 0.3 is 0 Å². The number of aromatic nitrogens is 1. The van der Waals surface area contributed by atoms with Crippen LogP contribution >= 0.6 is 11.8 Å². The first kappa shape index (κ1) is 14.7. The molecule has 0 spiro atoms. The molecular weight excluding hydrogens is 254 g/mol. The average Bonchev–Trinajstić information content (AvgIpc) is 2.91. The van der Waals surface area contributed by atoms with E-state index in [0.29, 0.717) is 12.0 Å². The smallest absolute Gasteiger partial charge is 0.0562 e. The van der Waals surface area contributed by atoms with Crippen molar-refractivity contribution in [2.24, 2.45) is 5.92 Å². The van der Waals surface area contributed by atoms with E-state index in [-0.39, 0.29) is 0 Å². The first-order chi connectivity index (χ1) is 9.16. The van der Waals surface area contributed by atoms with Crippen LogP contribution in [0.4, 0.5) is 5.69 Å². The molecule has 1 aromatic heterocycles. The van der Waals surface area contributed by atoms with Crippen LogP contribution in [0.3, 0.4) is 0 Å². The van der Waals surface area contributed by atoms with E-state index >= 15 is 0 Å². The Morgan fingerprint density at radius 2 is 2.37 bits per heavy atom. The predicted octanol–water partition coefficient (Wildman–Crippen LogP) is 2.77. The van der Waals surface area contributed by atoms with Gasteiger partial charge in [-0.15, -0.1) is 0 Å². The highest BCUT2D eigenvalue weighted by atomic mass is 32.2. The van der Waals surface area contributed by atoms with Crippen molar-refractivity contribution in [2.75, 3.05) is 30.0 Å². The third-order valence-electron chi connectivity index (χ3n) is 3.52. The number of nitrogens with zero attached hydrogens (tertiary/aromatic N) is 2. The summed E-state index contributed by atoms with van der Waals surface area (Å²) < 4.78 is 0. The fourth-order valence-electron chi connectivity index (χ4n) is 2.31. The molecule has 1 saturated heterocycles. The zero-order valence-corrected chi connectivity index (χ0v) is 13.0. The Balaban J connectivity index is 1.94. The third-order valence-corrected chi connectivity index (χ3v) is 4.66. The quantitative estimate of drug-likeness (QED) is 0.867. The molecule has 2 heterocycles. The summed E-state index contributed by atoms with van der Waals surface area (Å²) in [7, 11) is 2.21. The molecule has 0 aromatic carbocycles. The van der Waals surface area contributed by atoms with Gasteiger partial charge in [0.1, 0.15) is 0 Å². The lowest BCUT2D eigenvalue weighted by atomic mass is 10.2. The van der Waals surface area contributed by atoms with Crippen molar-refractivity contribution >= 4 is 17.4 Å². The second-order valence-corrected chi connectivity index (χ2v) is 6.81. The summed E-state index contributed by atoms with van der Waals surface area (Å²) in [6, 6.07) is 5.02. The van der Waals surface area contributed by atoms with Crippen LogP contribution in [0.15, 0.2) is 18.3 Å². The zero-order valence-electron chi connectivity index (χ0n) is 12.2. The van der Waals surface area contributed by atoms with E-state index in [1.165, 1.54) is 23.6 Å². The van der Waals surface area contributed by atoms with Gasteiger partial charge in [-0.05, 0) is 36.8 Å². The van der Waals surface area contributed by atoms with Crippen molar-refractivity contribution in [2.45, 2.75) is 32.9 Å². The summed E-state index contributed by atoms with van der Waals surface area (Å²) in [5.74, 6) is 3.23. The van der Waals surface area contributed by atoms with E-state index in [0.717, 1.165) is 18.8 Å². The average molecular weight is 279 g/mol. The van der Waals surface area contributed by atoms with Crippen molar-refractivity contribution in [1.29, 1.82) is 0 Å². The van der Waals surface area contributed by atoms with Crippen molar-refractivity contribution in [3.05, 3.63) is 24.0 Å². The van der Waals surface area contributed by atoms with E-state index in [1.807, 2.05) is 6.20 Å². The summed E-state index contributed by atoms with van der Waals surface area (Å²) in [5.41, 5.74) is 2.43. The number of anilines is 1. The van der Waals surface area contributed by atoms with Crippen LogP contribution in [0.5, 0.6) is 0 Å². The number of thioether (sulfide) groups is 1. The van der Waals surface area contributed by atoms with E-state index in [9.17, 15) is 0 Å². The third kappa shape index (κ3) is 4.39. The molecule has 1 N–H and O–H groups in total. The minimum absolute atomic E-state index is 0.682. The van der Waals surface area contributed by atoms with Crippen LogP contribution in [0.2, 0.25) is 0 Å². The predicted molar refractivity (Wildman–Crippen MR) is 84.9 cm³/mol. The largest absolute Gasteiger partial charge is 0.371 e. The second kappa shape index (κ2) is 7.15. The van der Waals surface area contributed by atoms with Crippen molar-refractivity contribution in [3.8, 4) is 0 Å². The zero-order chi connectivity index (χ0) is 13.7. The minimum Gasteiger partial charge on any atom is -0.371 e. The molecule has 106 valence electrons. The fourth-order valence-corrected chi connectivity index (χ4v) is 3.58. The molecule has 1 aliphatic heterocycles. The van der Waals surface area contributed by atoms with Crippen LogP contribution in [0.1, 0.15) is 26.0 Å². The summed E-state index contributed by atoms with van der Waals surface area (Å²) in [6.07, 6.45) is 3.23. The standard InChI is InChI=1S/C15H25N3S/c1-12(2)9-16-10-13-8-14(4-6-17-13)18(3)15-5-7-19-11-15/h4,6,8,12,15-16H,5,7,9-11H2,1-3H3. The highest BCUT2D eigenvalue weighted by Crippen LogP contribution is 2.25. The van der Waals surface area contributed by atoms with E-state index in [4.69, 9.17) is 0 Å². The molecular formula is C15H25N3S. The van der Waals surface area contributed by atoms with E-state index < -0.39 is 0 Å². The molecule has 0 aliphatic carbocycles. The summed E-state index contributed by atoms with van der Waals surface area (Å²) >= 11 is 2.06. The molecule has 0 saturated carbocycles. The Labute approximate surface area is 121 Å². The Morgan fingerprint density at radius 3 is 3.05 bits per heavy atom. The monoisotopic (exact) mass is 279 g/mol. The molecule has 4 heteroatoms. The maximum atomic E-state index is 4.45. The number of pyridine rings is 1. The van der Waals surface area contributed by atoms with Gasteiger partial charge in [0.05, 0.1) is 5.69 Å². The molecule has 1 fully saturated rings. The number of nitrogens with one attached hydrogen (secondary N) is 1. The highest BCUT2D eigenvalue weighted by Gasteiger charge is 2.20. The van der Waals surface area contributed by atoms with Crippen molar-refractivity contribution in [3.63, 3.8) is 0 Å². The normalized spacial score (nSPS) is 19.1. The molecule has 0 bridgehead atoms. The van der Waals surface area contributed by atoms with Crippen LogP contribution in [0.25, 0.3) is 0 Å². The van der Waals surface area contributed by atoms with Crippen LogP contribution in [-0.4, -0.2) is 36.1 Å². The summed E-state index contributed by atoms with van der Waals surface area (Å²) in [4.78, 5) is 6.86. The molecule has 2 rings (SSSR count). The van der Waals surface area contributed by atoms with Gasteiger partial charge in [0.25, 0.3) is 0 Å². The topological polar surface area (TPSA) is 28.2 Å². The lowest BCUT2D eigenvalue weighted by molar-refractivity contribution is 0.548. The van der Waals surface area contributed by atoms with E-state index in [2.05, 4.69) is 60.0 Å². The molecule has 3 nitrogen and oxygen atoms in total. The molecule has 0 radical (unpaired) electrons. The fraction of sp³-hybridized carbons (Fsp3) is 0.667. The lowest BCUT2D eigenvalue weighted by Crippen LogP contribution is -2.31. The Bertz CT molecular complexity index is 389. The Morgan fingerprint density at radius 1 is 1.53 bits per heavy atom. The van der Waals surface area contributed by atoms with E-state index in [1.54, 1.807) is 0 Å². The first-order valence-corrected chi connectivity index (χ1v) is 8.28. The van der Waals surface area contributed by atoms with Gasteiger partial charge in [-0.2, -0.15) is 11.8 Å². The van der Waals surface area contributed by atoms with Crippen molar-refractivity contribution < 1.29 is 0 Å². The summed E-state index contributed by atoms with van der Waals surface area (Å²) in [5, 5.41) is 3.45. The Kier molecular flexibility index (Phi) is 5.52. The summed E-state index contributed by atoms with van der Waals surface area (Å²) in [6.45, 7) is 6.35. The molecule has 19 heavy (non-hydrogen) atoms. The molecule has 0 amide bonds. The van der Waals surface area contributed by atoms with Gasteiger partial charge in [0.15, 0.2) is 0 Å². The van der Waals surface area contributed by atoms with Crippen molar-refractivity contribution in [1.82, 2.24) is 10.3 Å². The number of rotatable bonds is 6. The second-order valence-electron chi connectivity index (χ2n) is 5.66. The lowest BCUT2D eigenvalue weighted by Gasteiger charge is -2.26. The molecule has 1 aromatic rings. The van der Waals surface area contributed by atoms with Gasteiger partial charge in [-0.1, -0.05) is 13.8 Å². The Hall–Kier alpha value is -0.740. The first-order valence-electron chi connectivity index (χ1n) is 7.13. The molecule has 1 aliphatic rings. The molecule has 1 atom stereocenters. The van der Waals surface area contributed by atoms with Gasteiger partial charge < -0.3 is 10.2 Å². The van der Waals surface area contributed by atoms with Crippen LogP contribution in [0, 0.1) is 5.92 Å². The maximum absolute atomic E-state index is 4.45. The molecule has 1 unspecified atom stereocenters.